The van der Waals surface area contributed by atoms with Crippen LogP contribution in [0, 0.1) is 0 Å². The van der Waals surface area contributed by atoms with Gasteiger partial charge < -0.3 is 4.74 Å². The Bertz CT molecular complexity index is 827. The van der Waals surface area contributed by atoms with Crippen molar-refractivity contribution in [2.45, 2.75) is 31.7 Å². The molecule has 5 nitrogen and oxygen atoms in total. The van der Waals surface area contributed by atoms with Crippen molar-refractivity contribution in [2.75, 3.05) is 26.7 Å². The quantitative estimate of drug-likeness (QED) is 0.795. The maximum Gasteiger partial charge on any atom is 0.257 e. The van der Waals surface area contributed by atoms with Crippen molar-refractivity contribution in [3.05, 3.63) is 65.7 Å². The topological polar surface area (TPSA) is 45.1 Å². The van der Waals surface area contributed by atoms with Crippen molar-refractivity contribution >= 4 is 11.6 Å². The maximum absolute atomic E-state index is 13.1. The summed E-state index contributed by atoms with van der Waals surface area (Å²) in [5.41, 5.74) is 3.13. The van der Waals surface area contributed by atoms with Crippen LogP contribution in [-0.4, -0.2) is 48.3 Å². The first-order valence-electron chi connectivity index (χ1n) is 10.1. The molecule has 2 aliphatic heterocycles. The van der Waals surface area contributed by atoms with Crippen molar-refractivity contribution < 1.29 is 9.53 Å². The lowest BCUT2D eigenvalue weighted by atomic mass is 9.98. The van der Waals surface area contributed by atoms with Crippen LogP contribution in [0.1, 0.15) is 42.9 Å². The van der Waals surface area contributed by atoms with Crippen molar-refractivity contribution in [3.8, 4) is 5.75 Å². The van der Waals surface area contributed by atoms with Crippen molar-refractivity contribution in [3.63, 3.8) is 0 Å². The van der Waals surface area contributed by atoms with Gasteiger partial charge in [-0.3, -0.25) is 9.69 Å². The molecule has 0 saturated carbocycles. The number of amides is 1. The van der Waals surface area contributed by atoms with Crippen LogP contribution in [0.3, 0.4) is 0 Å². The van der Waals surface area contributed by atoms with Gasteiger partial charge >= 0.3 is 0 Å². The summed E-state index contributed by atoms with van der Waals surface area (Å²) in [6.45, 7) is 2.45. The van der Waals surface area contributed by atoms with Gasteiger partial charge in [0.25, 0.3) is 5.91 Å². The molecule has 2 heterocycles. The molecule has 28 heavy (non-hydrogen) atoms. The van der Waals surface area contributed by atoms with Gasteiger partial charge in [0.1, 0.15) is 5.75 Å². The monoisotopic (exact) mass is 377 g/mol. The molecule has 1 fully saturated rings. The van der Waals surface area contributed by atoms with Crippen LogP contribution in [0.2, 0.25) is 0 Å². The summed E-state index contributed by atoms with van der Waals surface area (Å²) in [6.07, 6.45) is 4.34. The lowest BCUT2D eigenvalue weighted by Crippen LogP contribution is -2.40. The third kappa shape index (κ3) is 4.09. The van der Waals surface area contributed by atoms with Crippen molar-refractivity contribution in [2.24, 2.45) is 5.10 Å². The van der Waals surface area contributed by atoms with Gasteiger partial charge in [0.05, 0.1) is 25.4 Å². The molecule has 1 amide bonds. The molecule has 0 aliphatic carbocycles. The average Bonchev–Trinajstić information content (AvgIpc) is 3.21. The van der Waals surface area contributed by atoms with E-state index in [4.69, 9.17) is 9.84 Å². The molecule has 0 spiro atoms. The molecule has 0 bridgehead atoms. The number of hydrogen-bond acceptors (Lipinski definition) is 4. The fourth-order valence-corrected chi connectivity index (χ4v) is 4.01. The molecule has 0 radical (unpaired) electrons. The van der Waals surface area contributed by atoms with Gasteiger partial charge in [-0.25, -0.2) is 5.01 Å². The summed E-state index contributed by atoms with van der Waals surface area (Å²) >= 11 is 0. The van der Waals surface area contributed by atoms with E-state index in [0.29, 0.717) is 6.54 Å². The number of carbonyl (C=O) groups is 1. The van der Waals surface area contributed by atoms with Crippen LogP contribution >= 0.6 is 0 Å². The zero-order valence-electron chi connectivity index (χ0n) is 16.4. The largest absolute Gasteiger partial charge is 0.497 e. The number of rotatable bonds is 5. The van der Waals surface area contributed by atoms with Gasteiger partial charge in [-0.15, -0.1) is 0 Å². The molecular weight excluding hydrogens is 350 g/mol. The smallest absolute Gasteiger partial charge is 0.257 e. The minimum atomic E-state index is -0.0709. The minimum absolute atomic E-state index is 0.0709. The van der Waals surface area contributed by atoms with Crippen LogP contribution in [-0.2, 0) is 4.79 Å². The molecule has 1 unspecified atom stereocenters. The summed E-state index contributed by atoms with van der Waals surface area (Å²) in [6, 6.07) is 18.0. The van der Waals surface area contributed by atoms with E-state index in [-0.39, 0.29) is 11.9 Å². The number of methoxy groups -OCH3 is 1. The molecule has 2 aromatic rings. The molecule has 2 aromatic carbocycles. The van der Waals surface area contributed by atoms with Gasteiger partial charge in [-0.2, -0.15) is 5.10 Å². The fourth-order valence-electron chi connectivity index (χ4n) is 4.01. The normalized spacial score (nSPS) is 20.1. The number of benzene rings is 2. The van der Waals surface area contributed by atoms with Crippen LogP contribution in [0.4, 0.5) is 0 Å². The Labute approximate surface area is 166 Å². The van der Waals surface area contributed by atoms with Crippen LogP contribution in [0.15, 0.2) is 59.7 Å². The zero-order chi connectivity index (χ0) is 19.3. The highest BCUT2D eigenvalue weighted by Gasteiger charge is 2.33. The van der Waals surface area contributed by atoms with Gasteiger partial charge in [0, 0.05) is 6.42 Å². The second-order valence-corrected chi connectivity index (χ2v) is 7.48. The zero-order valence-corrected chi connectivity index (χ0v) is 16.4. The Kier molecular flexibility index (Phi) is 5.72. The van der Waals surface area contributed by atoms with Crippen LogP contribution in [0.5, 0.6) is 5.75 Å². The first-order chi connectivity index (χ1) is 13.7. The number of piperidine rings is 1. The predicted molar refractivity (Wildman–Crippen MR) is 110 cm³/mol. The van der Waals surface area contributed by atoms with E-state index in [0.717, 1.165) is 42.1 Å². The first kappa shape index (κ1) is 18.7. The Morgan fingerprint density at radius 1 is 1.04 bits per heavy atom. The third-order valence-corrected chi connectivity index (χ3v) is 5.58. The molecule has 1 atom stereocenters. The summed E-state index contributed by atoms with van der Waals surface area (Å²) in [5, 5.41) is 6.47. The second-order valence-electron chi connectivity index (χ2n) is 7.48. The summed E-state index contributed by atoms with van der Waals surface area (Å²) in [5.74, 6) is 0.894. The van der Waals surface area contributed by atoms with E-state index < -0.39 is 0 Å². The van der Waals surface area contributed by atoms with E-state index >= 15 is 0 Å². The van der Waals surface area contributed by atoms with Crippen LogP contribution in [0.25, 0.3) is 0 Å². The molecular formula is C23H27N3O2. The Balaban J connectivity index is 1.58. The Hall–Kier alpha value is -2.66. The molecule has 0 N–H and O–H groups in total. The number of carbonyl (C=O) groups excluding carboxylic acids is 1. The molecule has 146 valence electrons. The predicted octanol–water partition coefficient (Wildman–Crippen LogP) is 3.86. The standard InChI is InChI=1S/C23H27N3O2/c1-28-20-12-10-19(11-13-20)22-16-21(18-8-4-2-5-9-18)24-26(22)23(27)17-25-14-6-3-7-15-25/h2,4-5,8-13,22H,3,6-7,14-17H2,1H3. The van der Waals surface area contributed by atoms with E-state index in [2.05, 4.69) is 17.0 Å². The minimum Gasteiger partial charge on any atom is -0.497 e. The third-order valence-electron chi connectivity index (χ3n) is 5.58. The molecule has 1 saturated heterocycles. The summed E-state index contributed by atoms with van der Waals surface area (Å²) in [7, 11) is 1.66. The molecule has 5 heteroatoms. The number of hydrazone groups is 1. The first-order valence-corrected chi connectivity index (χ1v) is 10.1. The number of ether oxygens (including phenoxy) is 1. The lowest BCUT2D eigenvalue weighted by molar-refractivity contribution is -0.134. The van der Waals surface area contributed by atoms with E-state index in [1.165, 1.54) is 19.3 Å². The average molecular weight is 377 g/mol. The highest BCUT2D eigenvalue weighted by molar-refractivity contribution is 6.03. The Morgan fingerprint density at radius 2 is 1.75 bits per heavy atom. The fraction of sp³-hybridized carbons (Fsp3) is 0.391. The van der Waals surface area contributed by atoms with Gasteiger partial charge in [-0.1, -0.05) is 48.9 Å². The molecule has 4 rings (SSSR count). The molecule has 0 aromatic heterocycles. The Morgan fingerprint density at radius 3 is 2.43 bits per heavy atom. The van der Waals surface area contributed by atoms with Gasteiger partial charge in [0.15, 0.2) is 0 Å². The summed E-state index contributed by atoms with van der Waals surface area (Å²) in [4.78, 5) is 15.4. The van der Waals surface area contributed by atoms with Crippen LogP contribution < -0.4 is 4.74 Å². The highest BCUT2D eigenvalue weighted by atomic mass is 16.5. The highest BCUT2D eigenvalue weighted by Crippen LogP contribution is 2.33. The SMILES string of the molecule is COc1ccc(C2CC(c3ccccc3)=NN2C(=O)CN2CCCCC2)cc1. The van der Waals surface area contributed by atoms with E-state index in [1.807, 2.05) is 42.5 Å². The number of hydrogen-bond donors (Lipinski definition) is 0. The van der Waals surface area contributed by atoms with E-state index in [1.54, 1.807) is 12.1 Å². The van der Waals surface area contributed by atoms with Crippen molar-refractivity contribution in [1.82, 2.24) is 9.91 Å². The number of likely N-dealkylation sites (tertiary alicyclic amines) is 1. The van der Waals surface area contributed by atoms with Gasteiger partial charge in [-0.05, 0) is 49.2 Å². The molecule has 2 aliphatic rings. The van der Waals surface area contributed by atoms with Crippen molar-refractivity contribution in [1.29, 1.82) is 0 Å². The van der Waals surface area contributed by atoms with Gasteiger partial charge in [0.2, 0.25) is 0 Å². The second kappa shape index (κ2) is 8.57. The maximum atomic E-state index is 13.1. The lowest BCUT2D eigenvalue weighted by Gasteiger charge is -2.29. The van der Waals surface area contributed by atoms with E-state index in [9.17, 15) is 4.79 Å². The summed E-state index contributed by atoms with van der Waals surface area (Å²) < 4.78 is 5.28. The number of nitrogens with zero attached hydrogens (tertiary/aromatic N) is 3.